The summed E-state index contributed by atoms with van der Waals surface area (Å²) in [6, 6.07) is 6.95. The molecule has 1 aromatic carbocycles. The van der Waals surface area contributed by atoms with Crippen molar-refractivity contribution >= 4 is 10.0 Å². The molecule has 0 saturated carbocycles. The molecule has 0 aliphatic carbocycles. The lowest BCUT2D eigenvalue weighted by Crippen LogP contribution is -2.26. The zero-order valence-electron chi connectivity index (χ0n) is 10.3. The first-order valence-electron chi connectivity index (χ1n) is 5.65. The van der Waals surface area contributed by atoms with Gasteiger partial charge in [0.1, 0.15) is 16.5 Å². The number of aryl methyl sites for hydroxylation is 1. The minimum atomic E-state index is -3.84. The number of hydrogen-bond acceptors (Lipinski definition) is 4. The molecule has 19 heavy (non-hydrogen) atoms. The van der Waals surface area contributed by atoms with Crippen LogP contribution in [-0.4, -0.2) is 20.1 Å². The molecule has 1 aromatic heterocycles. The molecule has 0 radical (unpaired) electrons. The molecule has 102 valence electrons. The second-order valence-electron chi connectivity index (χ2n) is 4.01. The van der Waals surface area contributed by atoms with E-state index in [1.807, 2.05) is 0 Å². The first kappa shape index (κ1) is 13.7. The molecular weight excluding hydrogens is 271 g/mol. The van der Waals surface area contributed by atoms with Crippen molar-refractivity contribution in [1.82, 2.24) is 9.88 Å². The van der Waals surface area contributed by atoms with Gasteiger partial charge in [0.25, 0.3) is 0 Å². The van der Waals surface area contributed by atoms with E-state index >= 15 is 0 Å². The summed E-state index contributed by atoms with van der Waals surface area (Å²) in [6.45, 7) is 1.89. The number of nitrogens with one attached hydrogen (secondary N) is 1. The average molecular weight is 284 g/mol. The normalized spacial score (nSPS) is 11.7. The van der Waals surface area contributed by atoms with E-state index < -0.39 is 15.8 Å². The highest BCUT2D eigenvalue weighted by Gasteiger charge is 2.17. The molecular formula is C12H13FN2O3S. The number of nitrogens with zero attached hydrogens (tertiary/aromatic N) is 1. The topological polar surface area (TPSA) is 72.2 Å². The maximum atomic E-state index is 13.4. The summed E-state index contributed by atoms with van der Waals surface area (Å²) in [4.78, 5) is -0.358. The summed E-state index contributed by atoms with van der Waals surface area (Å²) in [5, 5.41) is 3.69. The van der Waals surface area contributed by atoms with Crippen LogP contribution in [0.5, 0.6) is 0 Å². The number of benzene rings is 1. The van der Waals surface area contributed by atoms with Gasteiger partial charge in [-0.2, -0.15) is 0 Å². The Balaban J connectivity index is 2.01. The lowest BCUT2D eigenvalue weighted by atomic mass is 10.3. The molecule has 1 heterocycles. The van der Waals surface area contributed by atoms with Crippen LogP contribution in [0.1, 0.15) is 11.5 Å². The monoisotopic (exact) mass is 284 g/mol. The standard InChI is InChI=1S/C12H13FN2O3S/c1-9-8-10(18-15-9)6-7-14-19(16,17)12-5-3-2-4-11(12)13/h2-5,8,14H,6-7H2,1H3. The molecule has 2 aromatic rings. The predicted molar refractivity (Wildman–Crippen MR) is 66.5 cm³/mol. The van der Waals surface area contributed by atoms with E-state index in [9.17, 15) is 12.8 Å². The Morgan fingerprint density at radius 1 is 1.37 bits per heavy atom. The van der Waals surface area contributed by atoms with E-state index in [4.69, 9.17) is 4.52 Å². The summed E-state index contributed by atoms with van der Waals surface area (Å²) in [6.07, 6.45) is 0.356. The molecule has 0 amide bonds. The summed E-state index contributed by atoms with van der Waals surface area (Å²) in [7, 11) is -3.84. The van der Waals surface area contributed by atoms with Gasteiger partial charge in [-0.25, -0.2) is 17.5 Å². The van der Waals surface area contributed by atoms with Crippen molar-refractivity contribution in [1.29, 1.82) is 0 Å². The Labute approximate surface area is 110 Å². The SMILES string of the molecule is Cc1cc(CCNS(=O)(=O)c2ccccc2F)on1. The van der Waals surface area contributed by atoms with Crippen LogP contribution >= 0.6 is 0 Å². The zero-order valence-corrected chi connectivity index (χ0v) is 11.1. The van der Waals surface area contributed by atoms with Gasteiger partial charge >= 0.3 is 0 Å². The maximum Gasteiger partial charge on any atom is 0.243 e. The third kappa shape index (κ3) is 3.39. The maximum absolute atomic E-state index is 13.4. The van der Waals surface area contributed by atoms with Gasteiger partial charge in [-0.05, 0) is 19.1 Å². The molecule has 0 bridgehead atoms. The number of rotatable bonds is 5. The molecule has 0 fully saturated rings. The Morgan fingerprint density at radius 3 is 2.74 bits per heavy atom. The van der Waals surface area contributed by atoms with Gasteiger partial charge in [-0.3, -0.25) is 0 Å². The summed E-state index contributed by atoms with van der Waals surface area (Å²) < 4.78 is 44.4. The Hall–Kier alpha value is -1.73. The van der Waals surface area contributed by atoms with Crippen LogP contribution in [0.3, 0.4) is 0 Å². The summed E-state index contributed by atoms with van der Waals surface area (Å²) in [5.41, 5.74) is 0.729. The van der Waals surface area contributed by atoms with Crippen LogP contribution in [0.2, 0.25) is 0 Å². The minimum Gasteiger partial charge on any atom is -0.361 e. The van der Waals surface area contributed by atoms with Crippen LogP contribution in [0, 0.1) is 12.7 Å². The lowest BCUT2D eigenvalue weighted by molar-refractivity contribution is 0.379. The van der Waals surface area contributed by atoms with E-state index in [1.165, 1.54) is 18.2 Å². The van der Waals surface area contributed by atoms with E-state index in [2.05, 4.69) is 9.88 Å². The molecule has 0 saturated heterocycles. The molecule has 0 atom stereocenters. The van der Waals surface area contributed by atoms with Crippen LogP contribution < -0.4 is 4.72 Å². The van der Waals surface area contributed by atoms with Crippen molar-refractivity contribution in [3.63, 3.8) is 0 Å². The van der Waals surface area contributed by atoms with E-state index in [1.54, 1.807) is 13.0 Å². The van der Waals surface area contributed by atoms with Crippen molar-refractivity contribution in [2.45, 2.75) is 18.2 Å². The number of aromatic nitrogens is 1. The third-order valence-corrected chi connectivity index (χ3v) is 3.96. The van der Waals surface area contributed by atoms with Crippen molar-refractivity contribution in [3.05, 3.63) is 47.6 Å². The number of halogens is 1. The highest BCUT2D eigenvalue weighted by molar-refractivity contribution is 7.89. The molecule has 0 spiro atoms. The Kier molecular flexibility index (Phi) is 3.96. The second-order valence-corrected chi connectivity index (χ2v) is 5.75. The van der Waals surface area contributed by atoms with Crippen LogP contribution in [0.25, 0.3) is 0 Å². The van der Waals surface area contributed by atoms with Crippen molar-refractivity contribution in [2.75, 3.05) is 6.54 Å². The fourth-order valence-electron chi connectivity index (χ4n) is 1.58. The second kappa shape index (κ2) is 5.50. The fourth-order valence-corrected chi connectivity index (χ4v) is 2.69. The van der Waals surface area contributed by atoms with Gasteiger partial charge in [0, 0.05) is 19.0 Å². The smallest absolute Gasteiger partial charge is 0.243 e. The third-order valence-electron chi connectivity index (χ3n) is 2.47. The van der Waals surface area contributed by atoms with E-state index in [-0.39, 0.29) is 11.4 Å². The van der Waals surface area contributed by atoms with E-state index in [0.29, 0.717) is 12.2 Å². The molecule has 7 heteroatoms. The predicted octanol–water partition coefficient (Wildman–Crippen LogP) is 1.64. The lowest BCUT2D eigenvalue weighted by Gasteiger charge is -2.06. The van der Waals surface area contributed by atoms with Gasteiger partial charge in [-0.1, -0.05) is 17.3 Å². The van der Waals surface area contributed by atoms with Crippen molar-refractivity contribution in [3.8, 4) is 0 Å². The first-order chi connectivity index (χ1) is 8.99. The van der Waals surface area contributed by atoms with Crippen LogP contribution in [0.15, 0.2) is 39.8 Å². The van der Waals surface area contributed by atoms with Crippen molar-refractivity contribution < 1.29 is 17.3 Å². The summed E-state index contributed by atoms with van der Waals surface area (Å²) in [5.74, 6) is -0.195. The highest BCUT2D eigenvalue weighted by atomic mass is 32.2. The highest BCUT2D eigenvalue weighted by Crippen LogP contribution is 2.13. The van der Waals surface area contributed by atoms with Crippen LogP contribution in [-0.2, 0) is 16.4 Å². The number of sulfonamides is 1. The van der Waals surface area contributed by atoms with E-state index in [0.717, 1.165) is 11.8 Å². The van der Waals surface area contributed by atoms with Gasteiger partial charge in [0.05, 0.1) is 5.69 Å². The quantitative estimate of drug-likeness (QED) is 0.906. The fraction of sp³-hybridized carbons (Fsp3) is 0.250. The first-order valence-corrected chi connectivity index (χ1v) is 7.14. The number of hydrogen-bond donors (Lipinski definition) is 1. The summed E-state index contributed by atoms with van der Waals surface area (Å²) >= 11 is 0. The molecule has 0 unspecified atom stereocenters. The van der Waals surface area contributed by atoms with Crippen LogP contribution in [0.4, 0.5) is 4.39 Å². The zero-order chi connectivity index (χ0) is 13.9. The Bertz CT molecular complexity index is 667. The van der Waals surface area contributed by atoms with Crippen molar-refractivity contribution in [2.24, 2.45) is 0 Å². The van der Waals surface area contributed by atoms with Gasteiger partial charge in [0.2, 0.25) is 10.0 Å². The molecule has 1 N–H and O–H groups in total. The molecule has 5 nitrogen and oxygen atoms in total. The van der Waals surface area contributed by atoms with Gasteiger partial charge < -0.3 is 4.52 Å². The van der Waals surface area contributed by atoms with Gasteiger partial charge in [0.15, 0.2) is 0 Å². The van der Waals surface area contributed by atoms with Gasteiger partial charge in [-0.15, -0.1) is 0 Å². The Morgan fingerprint density at radius 2 is 2.11 bits per heavy atom. The largest absolute Gasteiger partial charge is 0.361 e. The molecule has 2 rings (SSSR count). The molecule has 0 aliphatic rings. The molecule has 0 aliphatic heterocycles. The average Bonchev–Trinajstić information content (AvgIpc) is 2.75. The minimum absolute atomic E-state index is 0.116.